The van der Waals surface area contributed by atoms with Gasteiger partial charge in [0.05, 0.1) is 29.0 Å². The highest BCUT2D eigenvalue weighted by molar-refractivity contribution is 6.04. The first-order valence-electron chi connectivity index (χ1n) is 8.62. The van der Waals surface area contributed by atoms with Gasteiger partial charge in [0.25, 0.3) is 5.91 Å². The molecular formula is C17H10F7N5O4. The maximum atomic E-state index is 14.1. The molecule has 0 saturated carbocycles. The maximum absolute atomic E-state index is 14.1. The molecule has 0 atom stereocenters. The summed E-state index contributed by atoms with van der Waals surface area (Å²) in [7, 11) is 0. The molecule has 0 aliphatic heterocycles. The zero-order valence-electron chi connectivity index (χ0n) is 16.4. The Bertz CT molecular complexity index is 1250. The van der Waals surface area contributed by atoms with Crippen LogP contribution in [0.2, 0.25) is 0 Å². The number of rotatable bonds is 5. The van der Waals surface area contributed by atoms with Crippen molar-refractivity contribution < 1.29 is 45.0 Å². The number of carbonyl (C=O) groups is 1. The Morgan fingerprint density at radius 2 is 1.73 bits per heavy atom. The van der Waals surface area contributed by atoms with Gasteiger partial charge in [-0.3, -0.25) is 4.79 Å². The van der Waals surface area contributed by atoms with Crippen molar-refractivity contribution in [3.05, 3.63) is 67.7 Å². The first kappa shape index (κ1) is 23.7. The number of alkyl halides is 3. The molecule has 3 aromatic rings. The molecule has 0 radical (unpaired) electrons. The van der Waals surface area contributed by atoms with Crippen LogP contribution in [0.25, 0.3) is 0 Å². The Morgan fingerprint density at radius 3 is 2.21 bits per heavy atom. The van der Waals surface area contributed by atoms with Crippen LogP contribution in [0.4, 0.5) is 42.2 Å². The summed E-state index contributed by atoms with van der Waals surface area (Å²) in [5, 5.41) is 19.3. The van der Waals surface area contributed by atoms with Crippen molar-refractivity contribution in [2.24, 2.45) is 0 Å². The van der Waals surface area contributed by atoms with E-state index < -0.39 is 63.0 Å². The molecule has 2 aromatic heterocycles. The van der Waals surface area contributed by atoms with Gasteiger partial charge in [-0.05, 0) is 18.8 Å². The first-order chi connectivity index (χ1) is 15.2. The second-order valence-corrected chi connectivity index (χ2v) is 6.58. The average molecular weight is 481 g/mol. The van der Waals surface area contributed by atoms with Crippen LogP contribution in [0.5, 0.6) is 0 Å². The number of amides is 1. The molecule has 0 aliphatic carbocycles. The topological polar surface area (TPSA) is 116 Å². The fourth-order valence-electron chi connectivity index (χ4n) is 2.81. The monoisotopic (exact) mass is 481 g/mol. The van der Waals surface area contributed by atoms with Crippen LogP contribution in [0.1, 0.15) is 33.1 Å². The third-order valence-corrected chi connectivity index (χ3v) is 4.45. The van der Waals surface area contributed by atoms with Gasteiger partial charge in [-0.15, -0.1) is 0 Å². The molecule has 0 aliphatic rings. The highest BCUT2D eigenvalue weighted by atomic mass is 19.4. The lowest BCUT2D eigenvalue weighted by Crippen LogP contribution is -2.21. The van der Waals surface area contributed by atoms with E-state index in [1.54, 1.807) is 0 Å². The number of aromatic nitrogens is 3. The second kappa shape index (κ2) is 8.18. The Kier molecular flexibility index (Phi) is 5.87. The standard InChI is InChI=1S/C17H10F7N5O4/c1-5-3-8(29(31)32)26-28(5)4-7-6(2)33-27-14(7)16(30)25-15-12(20)10(18)9(17(22,23)24)11(19)13(15)21/h3H,4H2,1-2H3,(H,25,30). The quantitative estimate of drug-likeness (QED) is 0.252. The van der Waals surface area contributed by atoms with E-state index in [4.69, 9.17) is 4.52 Å². The van der Waals surface area contributed by atoms with Crippen LogP contribution < -0.4 is 5.32 Å². The van der Waals surface area contributed by atoms with E-state index in [2.05, 4.69) is 10.3 Å². The Hall–Kier alpha value is -3.98. The number of hydrogen-bond acceptors (Lipinski definition) is 6. The van der Waals surface area contributed by atoms with Crippen molar-refractivity contribution in [3.63, 3.8) is 0 Å². The highest BCUT2D eigenvalue weighted by Crippen LogP contribution is 2.38. The summed E-state index contributed by atoms with van der Waals surface area (Å²) in [6.07, 6.45) is -5.75. The van der Waals surface area contributed by atoms with Gasteiger partial charge >= 0.3 is 12.0 Å². The van der Waals surface area contributed by atoms with Gasteiger partial charge in [0.2, 0.25) is 0 Å². The molecule has 1 N–H and O–H groups in total. The zero-order valence-corrected chi connectivity index (χ0v) is 16.4. The number of carbonyl (C=O) groups excluding carboxylic acids is 1. The summed E-state index contributed by atoms with van der Waals surface area (Å²) >= 11 is 0. The summed E-state index contributed by atoms with van der Waals surface area (Å²) < 4.78 is 99.7. The SMILES string of the molecule is Cc1onc(C(=O)Nc2c(F)c(F)c(C(F)(F)F)c(F)c2F)c1Cn1nc([N+](=O)[O-])cc1C. The Morgan fingerprint density at radius 1 is 1.15 bits per heavy atom. The van der Waals surface area contributed by atoms with Crippen molar-refractivity contribution in [2.45, 2.75) is 26.6 Å². The van der Waals surface area contributed by atoms with E-state index in [1.807, 2.05) is 0 Å². The molecule has 0 bridgehead atoms. The van der Waals surface area contributed by atoms with Gasteiger partial charge in [0, 0.05) is 0 Å². The van der Waals surface area contributed by atoms with Gasteiger partial charge in [-0.1, -0.05) is 5.16 Å². The third-order valence-electron chi connectivity index (χ3n) is 4.45. The second-order valence-electron chi connectivity index (χ2n) is 6.58. The Labute approximate surface area is 177 Å². The highest BCUT2D eigenvalue weighted by Gasteiger charge is 2.42. The third kappa shape index (κ3) is 4.22. The largest absolute Gasteiger partial charge is 0.422 e. The fraction of sp³-hybridized carbons (Fsp3) is 0.235. The van der Waals surface area contributed by atoms with Gasteiger partial charge in [-0.25, -0.2) is 17.6 Å². The van der Waals surface area contributed by atoms with Crippen molar-refractivity contribution in [1.29, 1.82) is 0 Å². The Balaban J connectivity index is 1.99. The molecule has 0 fully saturated rings. The summed E-state index contributed by atoms with van der Waals surface area (Å²) in [5.41, 5.74) is -5.09. The number of nitrogens with zero attached hydrogens (tertiary/aromatic N) is 4. The molecule has 2 heterocycles. The van der Waals surface area contributed by atoms with E-state index >= 15 is 0 Å². The normalized spacial score (nSPS) is 11.7. The smallest absolute Gasteiger partial charge is 0.361 e. The van der Waals surface area contributed by atoms with Crippen LogP contribution in [0, 0.1) is 47.2 Å². The van der Waals surface area contributed by atoms with Gasteiger partial charge in [-0.2, -0.15) is 17.9 Å². The minimum Gasteiger partial charge on any atom is -0.361 e. The molecule has 0 saturated heterocycles. The zero-order chi connectivity index (χ0) is 24.8. The number of nitrogens with one attached hydrogen (secondary N) is 1. The predicted octanol–water partition coefficient (Wildman–Crippen LogP) is 4.27. The van der Waals surface area contributed by atoms with Crippen LogP contribution in [0.3, 0.4) is 0 Å². The molecule has 176 valence electrons. The molecule has 3 rings (SSSR count). The van der Waals surface area contributed by atoms with Gasteiger partial charge in [0.15, 0.2) is 29.0 Å². The molecule has 0 spiro atoms. The van der Waals surface area contributed by atoms with Crippen molar-refractivity contribution in [3.8, 4) is 0 Å². The molecule has 1 aromatic carbocycles. The van der Waals surface area contributed by atoms with Crippen molar-refractivity contribution in [1.82, 2.24) is 14.9 Å². The summed E-state index contributed by atoms with van der Waals surface area (Å²) in [6.45, 7) is 2.41. The van der Waals surface area contributed by atoms with E-state index in [0.29, 0.717) is 0 Å². The lowest BCUT2D eigenvalue weighted by Gasteiger charge is -2.14. The van der Waals surface area contributed by atoms with E-state index in [-0.39, 0.29) is 23.6 Å². The molecule has 16 heteroatoms. The lowest BCUT2D eigenvalue weighted by atomic mass is 10.1. The van der Waals surface area contributed by atoms with E-state index in [0.717, 1.165) is 10.7 Å². The molecule has 9 nitrogen and oxygen atoms in total. The van der Waals surface area contributed by atoms with Crippen LogP contribution in [-0.4, -0.2) is 25.8 Å². The molecule has 1 amide bonds. The average Bonchev–Trinajstić information content (AvgIpc) is 3.26. The maximum Gasteiger partial charge on any atom is 0.422 e. The predicted molar refractivity (Wildman–Crippen MR) is 93.2 cm³/mol. The van der Waals surface area contributed by atoms with Crippen LogP contribution in [0.15, 0.2) is 10.6 Å². The van der Waals surface area contributed by atoms with E-state index in [1.165, 1.54) is 19.2 Å². The number of halogens is 7. The summed E-state index contributed by atoms with van der Waals surface area (Å²) in [5.74, 6) is -12.5. The number of hydrogen-bond donors (Lipinski definition) is 1. The number of aryl methyl sites for hydroxylation is 2. The van der Waals surface area contributed by atoms with Crippen LogP contribution in [-0.2, 0) is 12.7 Å². The number of anilines is 1. The number of benzene rings is 1. The summed E-state index contributed by atoms with van der Waals surface area (Å²) in [4.78, 5) is 22.5. The fourth-order valence-corrected chi connectivity index (χ4v) is 2.81. The molecule has 33 heavy (non-hydrogen) atoms. The van der Waals surface area contributed by atoms with Crippen molar-refractivity contribution in [2.75, 3.05) is 5.32 Å². The first-order valence-corrected chi connectivity index (χ1v) is 8.62. The minimum absolute atomic E-state index is 0.0246. The van der Waals surface area contributed by atoms with E-state index in [9.17, 15) is 45.6 Å². The van der Waals surface area contributed by atoms with Gasteiger partial charge in [0.1, 0.15) is 17.0 Å². The van der Waals surface area contributed by atoms with Gasteiger partial charge < -0.3 is 20.0 Å². The molecular weight excluding hydrogens is 471 g/mol. The molecule has 0 unspecified atom stereocenters. The lowest BCUT2D eigenvalue weighted by molar-refractivity contribution is -0.389. The number of nitro groups is 1. The van der Waals surface area contributed by atoms with Crippen molar-refractivity contribution >= 4 is 17.4 Å². The van der Waals surface area contributed by atoms with Crippen LogP contribution >= 0.6 is 0 Å². The summed E-state index contributed by atoms with van der Waals surface area (Å²) in [6, 6.07) is 1.11. The minimum atomic E-state index is -5.75.